The number of fused-ring (bicyclic) bond motifs is 1. The summed E-state index contributed by atoms with van der Waals surface area (Å²) in [5, 5.41) is 11.6. The van der Waals surface area contributed by atoms with Crippen LogP contribution in [0.2, 0.25) is 0 Å². The summed E-state index contributed by atoms with van der Waals surface area (Å²) >= 11 is 0. The van der Waals surface area contributed by atoms with Gasteiger partial charge in [-0.3, -0.25) is 19.2 Å². The SMILES string of the molecule is CCCC(NC(=O)[C@@H]1[C@H]2CCC(C)[C@H]2CN1C(=O)[C@@H](NC(=O)N[C@H](CN(C)S(C)(=O)=O)C(C)(C)C)C1CCCCC1)C(=O)C(=O)NC1CC1. The van der Waals surface area contributed by atoms with Crippen molar-refractivity contribution in [1.29, 1.82) is 0 Å². The van der Waals surface area contributed by atoms with Gasteiger partial charge < -0.3 is 26.2 Å². The quantitative estimate of drug-likeness (QED) is 0.201. The maximum Gasteiger partial charge on any atom is 0.315 e. The summed E-state index contributed by atoms with van der Waals surface area (Å²) in [6.45, 7) is 10.2. The lowest BCUT2D eigenvalue weighted by Crippen LogP contribution is -2.61. The topological polar surface area (TPSA) is 174 Å². The van der Waals surface area contributed by atoms with Gasteiger partial charge in [-0.2, -0.15) is 0 Å². The first-order valence-corrected chi connectivity index (χ1v) is 20.2. The fourth-order valence-electron chi connectivity index (χ4n) is 7.90. The molecule has 0 bridgehead atoms. The lowest BCUT2D eigenvalue weighted by atomic mass is 9.83. The van der Waals surface area contributed by atoms with Gasteiger partial charge in [0.05, 0.1) is 12.3 Å². The molecule has 0 aromatic heterocycles. The van der Waals surface area contributed by atoms with E-state index in [0.717, 1.165) is 64.0 Å². The van der Waals surface area contributed by atoms with Gasteiger partial charge in [0.25, 0.3) is 5.91 Å². The predicted molar refractivity (Wildman–Crippen MR) is 187 cm³/mol. The molecule has 4 aliphatic rings. The highest BCUT2D eigenvalue weighted by Gasteiger charge is 2.54. The van der Waals surface area contributed by atoms with Crippen LogP contribution in [0, 0.1) is 29.1 Å². The highest BCUT2D eigenvalue weighted by atomic mass is 32.2. The van der Waals surface area contributed by atoms with Crippen LogP contribution < -0.4 is 21.3 Å². The number of carbonyl (C=O) groups excluding carboxylic acids is 5. The first-order valence-electron chi connectivity index (χ1n) is 18.4. The molecule has 3 aliphatic carbocycles. The number of likely N-dealkylation sites (tertiary alicyclic amines) is 1. The van der Waals surface area contributed by atoms with Gasteiger partial charge in [-0.15, -0.1) is 0 Å². The van der Waals surface area contributed by atoms with Gasteiger partial charge in [0, 0.05) is 32.2 Å². The van der Waals surface area contributed by atoms with Crippen LogP contribution in [0.3, 0.4) is 0 Å². The zero-order valence-electron chi connectivity index (χ0n) is 30.5. The van der Waals surface area contributed by atoms with Gasteiger partial charge in [0.15, 0.2) is 0 Å². The average Bonchev–Trinajstić information content (AvgIpc) is 3.65. The molecule has 5 amide bonds. The Morgan fingerprint density at radius 3 is 2.12 bits per heavy atom. The van der Waals surface area contributed by atoms with Crippen LogP contribution in [0.4, 0.5) is 4.79 Å². The Bertz CT molecular complexity index is 1340. The molecule has 3 saturated carbocycles. The van der Waals surface area contributed by atoms with Crippen LogP contribution in [0.25, 0.3) is 0 Å². The Morgan fingerprint density at radius 1 is 0.898 bits per heavy atom. The highest BCUT2D eigenvalue weighted by Crippen LogP contribution is 2.46. The molecule has 0 aromatic rings. The van der Waals surface area contributed by atoms with Crippen LogP contribution >= 0.6 is 0 Å². The Balaban J connectivity index is 1.57. The Morgan fingerprint density at radius 2 is 1.55 bits per heavy atom. The van der Waals surface area contributed by atoms with Gasteiger partial charge in [0.2, 0.25) is 27.6 Å². The first-order chi connectivity index (χ1) is 22.9. The molecule has 1 heterocycles. The average molecular weight is 709 g/mol. The van der Waals surface area contributed by atoms with E-state index in [2.05, 4.69) is 28.2 Å². The molecule has 4 N–H and O–H groups in total. The number of urea groups is 1. The molecule has 0 radical (unpaired) electrons. The zero-order chi connectivity index (χ0) is 36.3. The molecule has 278 valence electrons. The number of nitrogens with zero attached hydrogens (tertiary/aromatic N) is 2. The molecular weight excluding hydrogens is 648 g/mol. The Hall–Kier alpha value is -2.74. The molecule has 7 atom stereocenters. The van der Waals surface area contributed by atoms with Crippen molar-refractivity contribution in [3.8, 4) is 0 Å². The number of amides is 5. The molecular formula is C35H60N6O7S. The summed E-state index contributed by atoms with van der Waals surface area (Å²) in [5.41, 5.74) is -0.492. The van der Waals surface area contributed by atoms with E-state index >= 15 is 0 Å². The smallest absolute Gasteiger partial charge is 0.315 e. The summed E-state index contributed by atoms with van der Waals surface area (Å²) in [6.07, 6.45) is 9.82. The predicted octanol–water partition coefficient (Wildman–Crippen LogP) is 2.55. The van der Waals surface area contributed by atoms with Gasteiger partial charge in [-0.05, 0) is 67.6 Å². The minimum Gasteiger partial charge on any atom is -0.347 e. The fourth-order valence-corrected chi connectivity index (χ4v) is 8.32. The summed E-state index contributed by atoms with van der Waals surface area (Å²) in [4.78, 5) is 70.0. The van der Waals surface area contributed by atoms with E-state index in [9.17, 15) is 32.4 Å². The standard InChI is InChI=1S/C35H60N6O7S/c1-8-12-26(30(42)32(44)36-23-16-17-23)37-31(43)29-24-18-15-21(2)25(24)19-41(29)33(45)28(22-13-10-9-11-14-22)39-34(46)38-27(35(3,4)5)20-40(6)49(7,47)48/h21-29H,8-20H2,1-7H3,(H,36,44)(H,37,43)(H2,38,39,46)/t21?,24-,25+,26?,27+,28-,29-/m0/s1. The number of rotatable bonds is 14. The van der Waals surface area contributed by atoms with Crippen molar-refractivity contribution in [3.63, 3.8) is 0 Å². The third-order valence-corrected chi connectivity index (χ3v) is 12.6. The summed E-state index contributed by atoms with van der Waals surface area (Å²) in [7, 11) is -2.02. The number of nitrogens with one attached hydrogen (secondary N) is 4. The van der Waals surface area contributed by atoms with Crippen molar-refractivity contribution in [2.45, 2.75) is 135 Å². The normalized spacial score (nSPS) is 26.4. The van der Waals surface area contributed by atoms with Crippen molar-refractivity contribution < 1.29 is 32.4 Å². The van der Waals surface area contributed by atoms with Crippen molar-refractivity contribution in [3.05, 3.63) is 0 Å². The van der Waals surface area contributed by atoms with E-state index in [0.29, 0.717) is 25.3 Å². The monoisotopic (exact) mass is 708 g/mol. The second kappa shape index (κ2) is 16.1. The maximum absolute atomic E-state index is 14.7. The Kier molecular flexibility index (Phi) is 12.8. The van der Waals surface area contributed by atoms with Crippen LogP contribution in [0.1, 0.15) is 105 Å². The van der Waals surface area contributed by atoms with E-state index in [4.69, 9.17) is 0 Å². The number of hydrogen-bond acceptors (Lipinski definition) is 7. The van der Waals surface area contributed by atoms with E-state index in [1.165, 1.54) is 11.4 Å². The summed E-state index contributed by atoms with van der Waals surface area (Å²) < 4.78 is 25.6. The minimum atomic E-state index is -3.49. The minimum absolute atomic E-state index is 0.0128. The number of carbonyl (C=O) groups is 5. The molecule has 4 fully saturated rings. The summed E-state index contributed by atoms with van der Waals surface area (Å²) in [6, 6.07) is -3.78. The van der Waals surface area contributed by atoms with Gasteiger partial charge >= 0.3 is 6.03 Å². The molecule has 13 nitrogen and oxygen atoms in total. The van der Waals surface area contributed by atoms with E-state index < -0.39 is 63.2 Å². The molecule has 14 heteroatoms. The van der Waals surface area contributed by atoms with Crippen LogP contribution in [0.5, 0.6) is 0 Å². The molecule has 0 spiro atoms. The maximum atomic E-state index is 14.7. The fraction of sp³-hybridized carbons (Fsp3) is 0.857. The van der Waals surface area contributed by atoms with E-state index in [1.54, 1.807) is 4.90 Å². The Labute approximate surface area is 292 Å². The van der Waals surface area contributed by atoms with E-state index in [1.807, 2.05) is 27.7 Å². The molecule has 4 rings (SSSR count). The van der Waals surface area contributed by atoms with Gasteiger partial charge in [-0.1, -0.05) is 66.7 Å². The number of likely N-dealkylation sites (N-methyl/N-ethyl adjacent to an activating group) is 1. The van der Waals surface area contributed by atoms with Gasteiger partial charge in [-0.25, -0.2) is 17.5 Å². The molecule has 1 saturated heterocycles. The van der Waals surface area contributed by atoms with Crippen molar-refractivity contribution in [2.75, 3.05) is 26.4 Å². The second-order valence-corrected chi connectivity index (χ2v) is 18.3. The van der Waals surface area contributed by atoms with Crippen molar-refractivity contribution >= 4 is 39.6 Å². The zero-order valence-corrected chi connectivity index (χ0v) is 31.4. The van der Waals surface area contributed by atoms with Crippen molar-refractivity contribution in [1.82, 2.24) is 30.5 Å². The number of sulfonamides is 1. The summed E-state index contributed by atoms with van der Waals surface area (Å²) in [5.74, 6) is -1.89. The molecule has 2 unspecified atom stereocenters. The lowest BCUT2D eigenvalue weighted by molar-refractivity contribution is -0.144. The third-order valence-electron chi connectivity index (χ3n) is 11.3. The van der Waals surface area contributed by atoms with Gasteiger partial charge in [0.1, 0.15) is 12.1 Å². The first kappa shape index (κ1) is 39.1. The number of hydrogen-bond donors (Lipinski definition) is 4. The van der Waals surface area contributed by atoms with Crippen LogP contribution in [-0.4, -0.2) is 104 Å². The molecule has 1 aliphatic heterocycles. The second-order valence-electron chi connectivity index (χ2n) is 16.2. The number of Topliss-reactive ketones (excluding diaryl/α,β-unsaturated/α-hetero) is 1. The van der Waals surface area contributed by atoms with Crippen molar-refractivity contribution in [2.24, 2.45) is 29.1 Å². The largest absolute Gasteiger partial charge is 0.347 e. The van der Waals surface area contributed by atoms with Crippen LogP contribution in [-0.2, 0) is 29.2 Å². The lowest BCUT2D eigenvalue weighted by Gasteiger charge is -2.37. The highest BCUT2D eigenvalue weighted by molar-refractivity contribution is 7.88. The number of ketones is 1. The van der Waals surface area contributed by atoms with E-state index in [-0.39, 0.29) is 36.2 Å². The molecule has 0 aromatic carbocycles. The van der Waals surface area contributed by atoms with Crippen LogP contribution in [0.15, 0.2) is 0 Å². The third kappa shape index (κ3) is 9.95. The molecule has 49 heavy (non-hydrogen) atoms.